The Bertz CT molecular complexity index is 357. The molecule has 1 fully saturated rings. The van der Waals surface area contributed by atoms with Gasteiger partial charge >= 0.3 is 12.0 Å². The molecule has 1 aliphatic carbocycles. The van der Waals surface area contributed by atoms with Crippen LogP contribution in [0.2, 0.25) is 0 Å². The van der Waals surface area contributed by atoms with Crippen LogP contribution in [0.3, 0.4) is 0 Å². The molecular weight excluding hydrogens is 248 g/mol. The summed E-state index contributed by atoms with van der Waals surface area (Å²) in [5.74, 6) is -1.22. The average Bonchev–Trinajstić information content (AvgIpc) is 2.62. The standard InChI is InChI=1S/C13H22N2O4/c1-8(7-12(17)18)6-11(16)15-13(19)14-10-5-3-4-9(10)2/h8-10H,3-7H2,1-2H3,(H,17,18)(H2,14,15,16,19). The molecule has 1 rings (SSSR count). The summed E-state index contributed by atoms with van der Waals surface area (Å²) in [5, 5.41) is 13.6. The molecule has 0 aliphatic heterocycles. The Kier molecular flexibility index (Phi) is 5.79. The highest BCUT2D eigenvalue weighted by molar-refractivity contribution is 5.94. The highest BCUT2D eigenvalue weighted by Gasteiger charge is 2.25. The molecular formula is C13H22N2O4. The van der Waals surface area contributed by atoms with E-state index in [1.165, 1.54) is 0 Å². The summed E-state index contributed by atoms with van der Waals surface area (Å²) in [5.41, 5.74) is 0. The lowest BCUT2D eigenvalue weighted by molar-refractivity contribution is -0.138. The van der Waals surface area contributed by atoms with Gasteiger partial charge in [0.15, 0.2) is 0 Å². The SMILES string of the molecule is CC(CC(=O)O)CC(=O)NC(=O)NC1CCCC1C. The minimum absolute atomic E-state index is 0.0416. The van der Waals surface area contributed by atoms with Crippen molar-refractivity contribution in [2.45, 2.75) is 52.0 Å². The van der Waals surface area contributed by atoms with Gasteiger partial charge in [-0.15, -0.1) is 0 Å². The van der Waals surface area contributed by atoms with E-state index in [1.807, 2.05) is 0 Å². The van der Waals surface area contributed by atoms with Gasteiger partial charge in [-0.1, -0.05) is 20.3 Å². The zero-order valence-corrected chi connectivity index (χ0v) is 11.4. The van der Waals surface area contributed by atoms with Crippen molar-refractivity contribution in [2.24, 2.45) is 11.8 Å². The Morgan fingerprint density at radius 2 is 1.95 bits per heavy atom. The number of amides is 3. The zero-order valence-electron chi connectivity index (χ0n) is 11.4. The molecule has 0 heterocycles. The summed E-state index contributed by atoms with van der Waals surface area (Å²) >= 11 is 0. The second-order valence-corrected chi connectivity index (χ2v) is 5.44. The molecule has 3 amide bonds. The molecule has 19 heavy (non-hydrogen) atoms. The maximum absolute atomic E-state index is 11.6. The van der Waals surface area contributed by atoms with Crippen LogP contribution in [-0.2, 0) is 9.59 Å². The van der Waals surface area contributed by atoms with Crippen LogP contribution in [0.4, 0.5) is 4.79 Å². The summed E-state index contributed by atoms with van der Waals surface area (Å²) in [6.45, 7) is 3.75. The van der Waals surface area contributed by atoms with Gasteiger partial charge in [0.05, 0.1) is 0 Å². The van der Waals surface area contributed by atoms with Crippen LogP contribution < -0.4 is 10.6 Å². The third-order valence-electron chi connectivity index (χ3n) is 3.49. The number of carboxylic acid groups (broad SMARTS) is 1. The number of hydrogen-bond acceptors (Lipinski definition) is 3. The van der Waals surface area contributed by atoms with Gasteiger partial charge in [0.25, 0.3) is 0 Å². The number of aliphatic carboxylic acids is 1. The molecule has 0 radical (unpaired) electrons. The van der Waals surface area contributed by atoms with Crippen molar-refractivity contribution in [2.75, 3.05) is 0 Å². The van der Waals surface area contributed by atoms with E-state index in [0.717, 1.165) is 19.3 Å². The second kappa shape index (κ2) is 7.11. The monoisotopic (exact) mass is 270 g/mol. The van der Waals surface area contributed by atoms with Crippen molar-refractivity contribution in [3.63, 3.8) is 0 Å². The van der Waals surface area contributed by atoms with Gasteiger partial charge in [-0.2, -0.15) is 0 Å². The third kappa shape index (κ3) is 5.72. The summed E-state index contributed by atoms with van der Waals surface area (Å²) in [4.78, 5) is 33.6. The smallest absolute Gasteiger partial charge is 0.321 e. The first-order chi connectivity index (χ1) is 8.88. The van der Waals surface area contributed by atoms with Gasteiger partial charge in [0, 0.05) is 18.9 Å². The average molecular weight is 270 g/mol. The molecule has 0 aromatic rings. The number of nitrogens with one attached hydrogen (secondary N) is 2. The fourth-order valence-electron chi connectivity index (χ4n) is 2.43. The number of rotatable bonds is 5. The van der Waals surface area contributed by atoms with Crippen molar-refractivity contribution < 1.29 is 19.5 Å². The first kappa shape index (κ1) is 15.5. The summed E-state index contributed by atoms with van der Waals surface area (Å²) < 4.78 is 0. The summed E-state index contributed by atoms with van der Waals surface area (Å²) in [6.07, 6.45) is 3.09. The number of carbonyl (C=O) groups is 3. The lowest BCUT2D eigenvalue weighted by Gasteiger charge is -2.17. The maximum Gasteiger partial charge on any atom is 0.321 e. The van der Waals surface area contributed by atoms with Crippen LogP contribution in [0.1, 0.15) is 46.0 Å². The number of imide groups is 1. The highest BCUT2D eigenvalue weighted by atomic mass is 16.4. The molecule has 0 aromatic heterocycles. The second-order valence-electron chi connectivity index (χ2n) is 5.44. The summed E-state index contributed by atoms with van der Waals surface area (Å²) in [6, 6.07) is -0.351. The Hall–Kier alpha value is -1.59. The Morgan fingerprint density at radius 1 is 1.26 bits per heavy atom. The van der Waals surface area contributed by atoms with E-state index in [0.29, 0.717) is 5.92 Å². The Labute approximate surface area is 112 Å². The molecule has 0 spiro atoms. The number of urea groups is 1. The number of carboxylic acids is 1. The van der Waals surface area contributed by atoms with Gasteiger partial charge < -0.3 is 10.4 Å². The number of carbonyl (C=O) groups excluding carboxylic acids is 2. The van der Waals surface area contributed by atoms with Gasteiger partial charge in [-0.25, -0.2) is 4.79 Å². The third-order valence-corrected chi connectivity index (χ3v) is 3.49. The molecule has 3 atom stereocenters. The van der Waals surface area contributed by atoms with Crippen molar-refractivity contribution in [1.82, 2.24) is 10.6 Å². The minimum atomic E-state index is -0.940. The molecule has 108 valence electrons. The van der Waals surface area contributed by atoms with E-state index < -0.39 is 17.9 Å². The summed E-state index contributed by atoms with van der Waals surface area (Å²) in [7, 11) is 0. The van der Waals surface area contributed by atoms with E-state index in [-0.39, 0.29) is 24.8 Å². The fourth-order valence-corrected chi connectivity index (χ4v) is 2.43. The fraction of sp³-hybridized carbons (Fsp3) is 0.769. The first-order valence-corrected chi connectivity index (χ1v) is 6.70. The van der Waals surface area contributed by atoms with Crippen LogP contribution in [0.5, 0.6) is 0 Å². The molecule has 3 N–H and O–H groups in total. The van der Waals surface area contributed by atoms with E-state index in [1.54, 1.807) is 6.92 Å². The normalized spacial score (nSPS) is 23.7. The topological polar surface area (TPSA) is 95.5 Å². The Morgan fingerprint density at radius 3 is 2.47 bits per heavy atom. The van der Waals surface area contributed by atoms with Crippen LogP contribution >= 0.6 is 0 Å². The minimum Gasteiger partial charge on any atom is -0.481 e. The van der Waals surface area contributed by atoms with Gasteiger partial charge in [0.2, 0.25) is 5.91 Å². The van der Waals surface area contributed by atoms with Crippen LogP contribution in [-0.4, -0.2) is 29.1 Å². The van der Waals surface area contributed by atoms with Gasteiger partial charge in [0.1, 0.15) is 0 Å². The predicted octanol–water partition coefficient (Wildman–Crippen LogP) is 1.50. The van der Waals surface area contributed by atoms with Gasteiger partial charge in [-0.3, -0.25) is 14.9 Å². The molecule has 0 saturated heterocycles. The van der Waals surface area contributed by atoms with Crippen molar-refractivity contribution >= 4 is 17.9 Å². The molecule has 6 nitrogen and oxygen atoms in total. The molecule has 1 aliphatic rings. The Balaban J connectivity index is 2.27. The van der Waals surface area contributed by atoms with E-state index in [2.05, 4.69) is 17.6 Å². The molecule has 6 heteroatoms. The van der Waals surface area contributed by atoms with E-state index in [9.17, 15) is 14.4 Å². The maximum atomic E-state index is 11.6. The molecule has 0 bridgehead atoms. The van der Waals surface area contributed by atoms with E-state index >= 15 is 0 Å². The van der Waals surface area contributed by atoms with Crippen molar-refractivity contribution in [3.05, 3.63) is 0 Å². The van der Waals surface area contributed by atoms with Gasteiger partial charge in [-0.05, 0) is 24.7 Å². The lowest BCUT2D eigenvalue weighted by Crippen LogP contribution is -2.45. The lowest BCUT2D eigenvalue weighted by atomic mass is 10.0. The highest BCUT2D eigenvalue weighted by Crippen LogP contribution is 2.24. The molecule has 1 saturated carbocycles. The first-order valence-electron chi connectivity index (χ1n) is 6.70. The molecule has 0 aromatic carbocycles. The zero-order chi connectivity index (χ0) is 14.4. The van der Waals surface area contributed by atoms with Crippen molar-refractivity contribution in [1.29, 1.82) is 0 Å². The van der Waals surface area contributed by atoms with E-state index in [4.69, 9.17) is 5.11 Å². The van der Waals surface area contributed by atoms with Crippen LogP contribution in [0, 0.1) is 11.8 Å². The quantitative estimate of drug-likeness (QED) is 0.705. The van der Waals surface area contributed by atoms with Crippen molar-refractivity contribution in [3.8, 4) is 0 Å². The molecule has 3 unspecified atom stereocenters. The van der Waals surface area contributed by atoms with Crippen LogP contribution in [0.15, 0.2) is 0 Å². The number of hydrogen-bond donors (Lipinski definition) is 3. The largest absolute Gasteiger partial charge is 0.481 e. The predicted molar refractivity (Wildman–Crippen MR) is 69.5 cm³/mol. The van der Waals surface area contributed by atoms with Crippen LogP contribution in [0.25, 0.3) is 0 Å².